The molecule has 5 N–H and O–H groups in total. The Morgan fingerprint density at radius 2 is 1.00 bits per heavy atom. The third kappa shape index (κ3) is 56.4. The Balaban J connectivity index is -0.000000394. The minimum Gasteiger partial charge on any atom is -0.330 e. The van der Waals surface area contributed by atoms with Crippen molar-refractivity contribution < 1.29 is 19.2 Å². The Morgan fingerprint density at radius 3 is 1.19 bits per heavy atom. The van der Waals surface area contributed by atoms with Gasteiger partial charge < -0.3 is 25.3 Å². The molecule has 162 valence electrons. The summed E-state index contributed by atoms with van der Waals surface area (Å²) < 4.78 is 8.88. The van der Waals surface area contributed by atoms with Crippen molar-refractivity contribution in [2.45, 2.75) is 97.3 Å². The van der Waals surface area contributed by atoms with Crippen LogP contribution in [0.4, 0.5) is 0 Å². The average molecular weight is 399 g/mol. The molecule has 0 aromatic rings. The predicted molar refractivity (Wildman–Crippen MR) is 113 cm³/mol. The summed E-state index contributed by atoms with van der Waals surface area (Å²) in [6.07, 6.45) is 18.2. The van der Waals surface area contributed by atoms with Crippen molar-refractivity contribution in [2.24, 2.45) is 5.73 Å². The van der Waals surface area contributed by atoms with Crippen molar-refractivity contribution in [2.75, 3.05) is 27.2 Å². The molecule has 0 aliphatic carbocycles. The monoisotopic (exact) mass is 398 g/mol. The molecule has 0 fully saturated rings. The Hall–Kier alpha value is 0.0300. The van der Waals surface area contributed by atoms with Gasteiger partial charge in [0, 0.05) is 0 Å². The first kappa shape index (κ1) is 30.7. The number of nitrogens with two attached hydrogens (primary N) is 1. The summed E-state index contributed by atoms with van der Waals surface area (Å²) in [4.78, 5) is 23.7. The van der Waals surface area contributed by atoms with Gasteiger partial charge in [0.1, 0.15) is 0 Å². The molecule has 0 aliphatic rings. The smallest absolute Gasteiger partial charge is 0.330 e. The zero-order chi connectivity index (χ0) is 20.7. The number of phosphoric acid groups is 1. The van der Waals surface area contributed by atoms with Crippen LogP contribution in [0.3, 0.4) is 0 Å². The second kappa shape index (κ2) is 25.0. The fraction of sp³-hybridized carbons (Fsp3) is 1.00. The molecule has 0 heterocycles. The van der Waals surface area contributed by atoms with E-state index in [2.05, 4.69) is 32.8 Å². The van der Waals surface area contributed by atoms with Gasteiger partial charge in [-0.3, -0.25) is 0 Å². The molecule has 6 nitrogen and oxygen atoms in total. The zero-order valence-corrected chi connectivity index (χ0v) is 18.7. The maximum atomic E-state index is 8.88. The van der Waals surface area contributed by atoms with Crippen molar-refractivity contribution in [1.82, 2.24) is 4.90 Å². The first-order chi connectivity index (χ1) is 12.2. The predicted octanol–water partition coefficient (Wildman–Crippen LogP) is 4.68. The number of nitrogens with zero attached hydrogens (tertiary/aromatic N) is 1. The zero-order valence-electron chi connectivity index (χ0n) is 17.8. The second-order valence-electron chi connectivity index (χ2n) is 6.99. The van der Waals surface area contributed by atoms with Crippen LogP contribution in [-0.2, 0) is 4.57 Å². The summed E-state index contributed by atoms with van der Waals surface area (Å²) in [6.45, 7) is 6.54. The Bertz CT molecular complexity index is 266. The van der Waals surface area contributed by atoms with Crippen LogP contribution >= 0.6 is 7.82 Å². The van der Waals surface area contributed by atoms with Crippen molar-refractivity contribution in [3.05, 3.63) is 0 Å². The normalized spacial score (nSPS) is 10.8. The summed E-state index contributed by atoms with van der Waals surface area (Å²) in [5, 5.41) is 0. The quantitative estimate of drug-likeness (QED) is 0.250. The van der Waals surface area contributed by atoms with Gasteiger partial charge in [-0.1, -0.05) is 84.5 Å². The molecule has 0 spiro atoms. The largest absolute Gasteiger partial charge is 0.466 e. The molecule has 0 unspecified atom stereocenters. The fourth-order valence-electron chi connectivity index (χ4n) is 2.43. The van der Waals surface area contributed by atoms with E-state index in [4.69, 9.17) is 25.0 Å². The summed E-state index contributed by atoms with van der Waals surface area (Å²) in [5.74, 6) is 0. The first-order valence-corrected chi connectivity index (χ1v) is 11.9. The van der Waals surface area contributed by atoms with Gasteiger partial charge in [-0.15, -0.1) is 0 Å². The van der Waals surface area contributed by atoms with Crippen molar-refractivity contribution >= 4 is 7.82 Å². The maximum Gasteiger partial charge on any atom is 0.466 e. The molecule has 0 bridgehead atoms. The molecule has 0 aromatic carbocycles. The number of hydrogen-bond donors (Lipinski definition) is 4. The van der Waals surface area contributed by atoms with Gasteiger partial charge in [-0.25, -0.2) is 4.57 Å². The maximum absolute atomic E-state index is 8.88. The lowest BCUT2D eigenvalue weighted by atomic mass is 10.1. The van der Waals surface area contributed by atoms with E-state index in [-0.39, 0.29) is 0 Å². The molecule has 0 aliphatic heterocycles. The van der Waals surface area contributed by atoms with Crippen LogP contribution in [0, 0.1) is 0 Å². The molecule has 0 amide bonds. The van der Waals surface area contributed by atoms with Gasteiger partial charge in [0.15, 0.2) is 0 Å². The Morgan fingerprint density at radius 1 is 0.692 bits per heavy atom. The van der Waals surface area contributed by atoms with E-state index in [1.165, 1.54) is 90.0 Å². The summed E-state index contributed by atoms with van der Waals surface area (Å²) in [5.41, 5.74) is 5.45. The molecule has 0 atom stereocenters. The molecule has 0 radical (unpaired) electrons. The highest BCUT2D eigenvalue weighted by molar-refractivity contribution is 7.45. The van der Waals surface area contributed by atoms with Crippen LogP contribution in [0.5, 0.6) is 0 Å². The van der Waals surface area contributed by atoms with Crippen molar-refractivity contribution in [1.29, 1.82) is 0 Å². The summed E-state index contributed by atoms with van der Waals surface area (Å²) in [7, 11) is -0.465. The van der Waals surface area contributed by atoms with Crippen molar-refractivity contribution in [3.63, 3.8) is 0 Å². The van der Waals surface area contributed by atoms with Gasteiger partial charge in [0.25, 0.3) is 0 Å². The van der Waals surface area contributed by atoms with E-state index in [0.717, 1.165) is 6.54 Å². The molecular weight excluding hydrogens is 351 g/mol. The van der Waals surface area contributed by atoms with Gasteiger partial charge in [-0.05, 0) is 40.0 Å². The highest BCUT2D eigenvalue weighted by atomic mass is 31.2. The highest BCUT2D eigenvalue weighted by Gasteiger charge is 2.00. The van der Waals surface area contributed by atoms with E-state index in [0.29, 0.717) is 0 Å². The Labute approximate surface area is 162 Å². The number of hydrogen-bond acceptors (Lipinski definition) is 3. The molecule has 0 saturated carbocycles. The average Bonchev–Trinajstić information content (AvgIpc) is 2.51. The fourth-order valence-corrected chi connectivity index (χ4v) is 2.43. The number of unbranched alkanes of at least 4 members (excludes halogenated alkanes) is 11. The molecule has 7 heteroatoms. The van der Waals surface area contributed by atoms with E-state index in [1.807, 2.05) is 0 Å². The van der Waals surface area contributed by atoms with E-state index >= 15 is 0 Å². The highest BCUT2D eigenvalue weighted by Crippen LogP contribution is 2.25. The molecular formula is C19H47N2O4P. The van der Waals surface area contributed by atoms with E-state index in [1.54, 1.807) is 0 Å². The van der Waals surface area contributed by atoms with Crippen LogP contribution < -0.4 is 5.73 Å². The van der Waals surface area contributed by atoms with Gasteiger partial charge in [-0.2, -0.15) is 0 Å². The lowest BCUT2D eigenvalue weighted by Crippen LogP contribution is -2.11. The van der Waals surface area contributed by atoms with Crippen molar-refractivity contribution in [3.8, 4) is 0 Å². The Kier molecular flexibility index (Phi) is 29.6. The van der Waals surface area contributed by atoms with Crippen LogP contribution in [0.25, 0.3) is 0 Å². The lowest BCUT2D eigenvalue weighted by molar-refractivity contribution is 0.275. The van der Waals surface area contributed by atoms with Gasteiger partial charge in [0.2, 0.25) is 0 Å². The topological polar surface area (TPSA) is 107 Å². The minimum absolute atomic E-state index is 0.872. The van der Waals surface area contributed by atoms with E-state index < -0.39 is 7.82 Å². The third-order valence-electron chi connectivity index (χ3n) is 3.73. The second-order valence-corrected chi connectivity index (χ2v) is 8.02. The standard InChI is InChI=1S/C14H31N.C5H13N.H3O4P/c1-2-3-4-5-6-7-8-9-10-11-12-13-14-15;1-4-5-6(2)3;1-5(2,3)4/h2-15H2,1H3;4-5H2,1-3H3;(H3,1,2,3,4). The van der Waals surface area contributed by atoms with E-state index in [9.17, 15) is 0 Å². The molecule has 26 heavy (non-hydrogen) atoms. The van der Waals surface area contributed by atoms with Crippen LogP contribution in [0.2, 0.25) is 0 Å². The van der Waals surface area contributed by atoms with Crippen LogP contribution in [0.1, 0.15) is 97.3 Å². The third-order valence-corrected chi connectivity index (χ3v) is 3.73. The van der Waals surface area contributed by atoms with Gasteiger partial charge >= 0.3 is 7.82 Å². The molecule has 0 rings (SSSR count). The molecule has 0 aromatic heterocycles. The van der Waals surface area contributed by atoms with Crippen LogP contribution in [-0.4, -0.2) is 46.8 Å². The lowest BCUT2D eigenvalue weighted by Gasteiger charge is -2.03. The van der Waals surface area contributed by atoms with Gasteiger partial charge in [0.05, 0.1) is 0 Å². The SMILES string of the molecule is CCCCCCCCCCCCCCN.CCCN(C)C.O=P(O)(O)O. The summed E-state index contributed by atoms with van der Waals surface area (Å²) in [6, 6.07) is 0. The number of rotatable bonds is 14. The van der Waals surface area contributed by atoms with Crippen LogP contribution in [0.15, 0.2) is 0 Å². The minimum atomic E-state index is -4.64. The summed E-state index contributed by atoms with van der Waals surface area (Å²) >= 11 is 0. The molecule has 0 saturated heterocycles. The first-order valence-electron chi connectivity index (χ1n) is 10.3.